The molecule has 0 N–H and O–H groups in total. The fourth-order valence-corrected chi connectivity index (χ4v) is 1.77. The Hall–Kier alpha value is -2.18. The lowest BCUT2D eigenvalue weighted by molar-refractivity contribution is 0.217. The average molecular weight is 288 g/mol. The molecule has 0 atom stereocenters. The van der Waals surface area contributed by atoms with Gasteiger partial charge in [0.1, 0.15) is 24.7 Å². The van der Waals surface area contributed by atoms with Gasteiger partial charge in [0.15, 0.2) is 0 Å². The van der Waals surface area contributed by atoms with E-state index in [-0.39, 0.29) is 0 Å². The quantitative estimate of drug-likeness (QED) is 0.758. The molecule has 0 bridgehead atoms. The van der Waals surface area contributed by atoms with Gasteiger partial charge in [0, 0.05) is 5.02 Å². The first-order chi connectivity index (χ1) is 9.78. The summed E-state index contributed by atoms with van der Waals surface area (Å²) in [5.41, 5.74) is 0.984. The van der Waals surface area contributed by atoms with Crippen LogP contribution >= 0.6 is 11.6 Å². The Bertz CT molecular complexity index is 573. The molecule has 102 valence electrons. The molecule has 0 fully saturated rings. The van der Waals surface area contributed by atoms with Crippen molar-refractivity contribution in [3.8, 4) is 17.6 Å². The van der Waals surface area contributed by atoms with Gasteiger partial charge in [-0.3, -0.25) is 0 Å². The summed E-state index contributed by atoms with van der Waals surface area (Å²) in [5, 5.41) is 9.27. The van der Waals surface area contributed by atoms with Crippen LogP contribution in [-0.2, 0) is 6.42 Å². The number of benzene rings is 2. The molecule has 4 heteroatoms. The molecule has 0 radical (unpaired) electrons. The molecule has 2 aromatic rings. The second-order valence-corrected chi connectivity index (χ2v) is 4.57. The van der Waals surface area contributed by atoms with E-state index in [1.165, 1.54) is 0 Å². The Morgan fingerprint density at radius 1 is 0.850 bits per heavy atom. The van der Waals surface area contributed by atoms with Crippen molar-refractivity contribution in [2.45, 2.75) is 6.42 Å². The molecular weight excluding hydrogens is 274 g/mol. The van der Waals surface area contributed by atoms with Crippen molar-refractivity contribution in [2.24, 2.45) is 0 Å². The lowest BCUT2D eigenvalue weighted by atomic mass is 10.2. The molecule has 0 saturated heterocycles. The van der Waals surface area contributed by atoms with Crippen molar-refractivity contribution in [3.63, 3.8) is 0 Å². The summed E-state index contributed by atoms with van der Waals surface area (Å²) in [6.45, 7) is 0.918. The van der Waals surface area contributed by atoms with Crippen LogP contribution in [0.5, 0.6) is 11.5 Å². The monoisotopic (exact) mass is 287 g/mol. The van der Waals surface area contributed by atoms with Crippen LogP contribution in [0.1, 0.15) is 5.56 Å². The van der Waals surface area contributed by atoms with Crippen LogP contribution < -0.4 is 9.47 Å². The van der Waals surface area contributed by atoms with Gasteiger partial charge in [-0.05, 0) is 42.0 Å². The summed E-state index contributed by atoms with van der Waals surface area (Å²) < 4.78 is 11.1. The van der Waals surface area contributed by atoms with Gasteiger partial charge in [-0.25, -0.2) is 0 Å². The summed E-state index contributed by atoms with van der Waals surface area (Å²) in [7, 11) is 0. The highest BCUT2D eigenvalue weighted by Crippen LogP contribution is 2.16. The first kappa shape index (κ1) is 14.2. The molecule has 20 heavy (non-hydrogen) atoms. The van der Waals surface area contributed by atoms with Gasteiger partial charge in [-0.2, -0.15) is 5.26 Å². The van der Waals surface area contributed by atoms with Crippen LogP contribution in [0.3, 0.4) is 0 Å². The lowest BCUT2D eigenvalue weighted by Gasteiger charge is -2.08. The third kappa shape index (κ3) is 4.49. The van der Waals surface area contributed by atoms with Crippen molar-refractivity contribution in [1.82, 2.24) is 0 Å². The Labute approximate surface area is 123 Å². The second kappa shape index (κ2) is 7.42. The van der Waals surface area contributed by atoms with E-state index in [1.54, 1.807) is 12.1 Å². The summed E-state index contributed by atoms with van der Waals surface area (Å²) in [6.07, 6.45) is 0.417. The maximum atomic E-state index is 8.58. The van der Waals surface area contributed by atoms with E-state index in [4.69, 9.17) is 26.3 Å². The van der Waals surface area contributed by atoms with Crippen molar-refractivity contribution in [2.75, 3.05) is 13.2 Å². The van der Waals surface area contributed by atoms with Gasteiger partial charge in [0.25, 0.3) is 0 Å². The highest BCUT2D eigenvalue weighted by atomic mass is 35.5. The van der Waals surface area contributed by atoms with Crippen LogP contribution in [-0.4, -0.2) is 13.2 Å². The number of hydrogen-bond donors (Lipinski definition) is 0. The maximum absolute atomic E-state index is 8.58. The Kier molecular flexibility index (Phi) is 5.28. The fourth-order valence-electron chi connectivity index (χ4n) is 1.64. The SMILES string of the molecule is N#CCc1ccc(OCCOc2ccc(Cl)cc2)cc1. The maximum Gasteiger partial charge on any atom is 0.122 e. The topological polar surface area (TPSA) is 42.2 Å². The predicted octanol–water partition coefficient (Wildman–Crippen LogP) is 3.86. The van der Waals surface area contributed by atoms with Crippen LogP contribution in [0, 0.1) is 11.3 Å². The van der Waals surface area contributed by atoms with Gasteiger partial charge < -0.3 is 9.47 Å². The van der Waals surface area contributed by atoms with Crippen LogP contribution in [0.15, 0.2) is 48.5 Å². The van der Waals surface area contributed by atoms with Crippen LogP contribution in [0.4, 0.5) is 0 Å². The molecule has 0 aliphatic heterocycles. The van der Waals surface area contributed by atoms with Gasteiger partial charge in [0.2, 0.25) is 0 Å². The minimum atomic E-state index is 0.417. The number of rotatable bonds is 6. The van der Waals surface area contributed by atoms with Gasteiger partial charge in [-0.15, -0.1) is 0 Å². The number of nitrogens with zero attached hydrogens (tertiary/aromatic N) is 1. The molecule has 0 aliphatic carbocycles. The molecule has 0 aromatic heterocycles. The minimum Gasteiger partial charge on any atom is -0.490 e. The molecule has 0 unspecified atom stereocenters. The summed E-state index contributed by atoms with van der Waals surface area (Å²) >= 11 is 5.79. The normalized spacial score (nSPS) is 9.80. The van der Waals surface area contributed by atoms with Gasteiger partial charge in [0.05, 0.1) is 12.5 Å². The predicted molar refractivity (Wildman–Crippen MR) is 78.2 cm³/mol. The summed E-state index contributed by atoms with van der Waals surface area (Å²) in [4.78, 5) is 0. The highest BCUT2D eigenvalue weighted by Gasteiger charge is 1.97. The lowest BCUT2D eigenvalue weighted by Crippen LogP contribution is -2.08. The fraction of sp³-hybridized carbons (Fsp3) is 0.188. The van der Waals surface area contributed by atoms with E-state index < -0.39 is 0 Å². The number of ether oxygens (including phenoxy) is 2. The summed E-state index contributed by atoms with van der Waals surface area (Å²) in [5.74, 6) is 1.54. The highest BCUT2D eigenvalue weighted by molar-refractivity contribution is 6.30. The van der Waals surface area contributed by atoms with E-state index in [1.807, 2.05) is 36.4 Å². The summed E-state index contributed by atoms with van der Waals surface area (Å²) in [6, 6.07) is 16.8. The zero-order valence-corrected chi connectivity index (χ0v) is 11.6. The van der Waals surface area contributed by atoms with E-state index in [9.17, 15) is 0 Å². The van der Waals surface area contributed by atoms with Crippen molar-refractivity contribution < 1.29 is 9.47 Å². The van der Waals surface area contributed by atoms with Crippen molar-refractivity contribution in [3.05, 3.63) is 59.1 Å². The molecule has 0 heterocycles. The zero-order valence-electron chi connectivity index (χ0n) is 10.9. The third-order valence-electron chi connectivity index (χ3n) is 2.64. The van der Waals surface area contributed by atoms with E-state index in [2.05, 4.69) is 6.07 Å². The molecule has 0 saturated carbocycles. The molecular formula is C16H14ClNO2. The molecule has 3 nitrogen and oxygen atoms in total. The van der Waals surface area contributed by atoms with Crippen LogP contribution in [0.25, 0.3) is 0 Å². The molecule has 0 aliphatic rings. The molecule has 2 rings (SSSR count). The Morgan fingerprint density at radius 3 is 1.85 bits per heavy atom. The van der Waals surface area contributed by atoms with E-state index >= 15 is 0 Å². The van der Waals surface area contributed by atoms with Crippen LogP contribution in [0.2, 0.25) is 5.02 Å². The number of nitriles is 1. The first-order valence-electron chi connectivity index (χ1n) is 6.25. The zero-order chi connectivity index (χ0) is 14.2. The standard InChI is InChI=1S/C16H14ClNO2/c17-14-3-7-16(8-4-14)20-12-11-19-15-5-1-13(2-6-15)9-10-18/h1-8H,9,11-12H2. The first-order valence-corrected chi connectivity index (χ1v) is 6.63. The number of hydrogen-bond acceptors (Lipinski definition) is 3. The van der Waals surface area contributed by atoms with Gasteiger partial charge >= 0.3 is 0 Å². The largest absolute Gasteiger partial charge is 0.490 e. The van der Waals surface area contributed by atoms with E-state index in [0.29, 0.717) is 24.7 Å². The second-order valence-electron chi connectivity index (χ2n) is 4.13. The van der Waals surface area contributed by atoms with E-state index in [0.717, 1.165) is 17.1 Å². The molecule has 0 amide bonds. The van der Waals surface area contributed by atoms with Gasteiger partial charge in [-0.1, -0.05) is 23.7 Å². The smallest absolute Gasteiger partial charge is 0.122 e. The average Bonchev–Trinajstić information content (AvgIpc) is 2.47. The number of halogens is 1. The minimum absolute atomic E-state index is 0.417. The Morgan fingerprint density at radius 2 is 1.35 bits per heavy atom. The van der Waals surface area contributed by atoms with Crippen molar-refractivity contribution in [1.29, 1.82) is 5.26 Å². The molecule has 0 spiro atoms. The van der Waals surface area contributed by atoms with Crippen molar-refractivity contribution >= 4 is 11.6 Å². The third-order valence-corrected chi connectivity index (χ3v) is 2.89. The Balaban J connectivity index is 1.73. The molecule has 2 aromatic carbocycles.